The standard InChI is InChI=1S/C16H22N2O3/c1-11-15(12(2)18(3)17-11)16(19)13-7-5-6-8-14(13)21-10-9-20-4/h5-8,16,19H,9-10H2,1-4H3. The molecule has 1 unspecified atom stereocenters. The molecular formula is C16H22N2O3. The predicted octanol–water partition coefficient (Wildman–Crippen LogP) is 2.14. The molecule has 0 aliphatic carbocycles. The second-order valence-electron chi connectivity index (χ2n) is 4.99. The molecule has 0 saturated heterocycles. The molecule has 21 heavy (non-hydrogen) atoms. The molecule has 1 aromatic heterocycles. The van der Waals surface area contributed by atoms with Crippen LogP contribution in [0.25, 0.3) is 0 Å². The molecular weight excluding hydrogens is 268 g/mol. The van der Waals surface area contributed by atoms with Crippen molar-refractivity contribution < 1.29 is 14.6 Å². The Bertz CT molecular complexity index is 608. The van der Waals surface area contributed by atoms with Gasteiger partial charge >= 0.3 is 0 Å². The van der Waals surface area contributed by atoms with Crippen LogP contribution in [0.2, 0.25) is 0 Å². The molecule has 2 aromatic rings. The van der Waals surface area contributed by atoms with Crippen LogP contribution in [0.4, 0.5) is 0 Å². The van der Waals surface area contributed by atoms with Crippen LogP contribution in [-0.4, -0.2) is 35.2 Å². The van der Waals surface area contributed by atoms with Crippen molar-refractivity contribution in [3.8, 4) is 5.75 Å². The van der Waals surface area contributed by atoms with Gasteiger partial charge in [-0.15, -0.1) is 0 Å². The number of aromatic nitrogens is 2. The summed E-state index contributed by atoms with van der Waals surface area (Å²) in [6, 6.07) is 7.51. The van der Waals surface area contributed by atoms with Crippen molar-refractivity contribution in [2.24, 2.45) is 7.05 Å². The molecule has 0 aliphatic heterocycles. The lowest BCUT2D eigenvalue weighted by atomic mass is 9.99. The largest absolute Gasteiger partial charge is 0.491 e. The molecule has 1 atom stereocenters. The zero-order valence-electron chi connectivity index (χ0n) is 13.0. The van der Waals surface area contributed by atoms with E-state index in [4.69, 9.17) is 9.47 Å². The lowest BCUT2D eigenvalue weighted by molar-refractivity contribution is 0.142. The Kier molecular flexibility index (Phi) is 4.98. The van der Waals surface area contributed by atoms with Gasteiger partial charge in [0.05, 0.1) is 12.3 Å². The number of methoxy groups -OCH3 is 1. The molecule has 5 heteroatoms. The smallest absolute Gasteiger partial charge is 0.125 e. The van der Waals surface area contributed by atoms with Gasteiger partial charge in [0.25, 0.3) is 0 Å². The maximum Gasteiger partial charge on any atom is 0.125 e. The molecule has 0 radical (unpaired) electrons. The fourth-order valence-corrected chi connectivity index (χ4v) is 2.41. The van der Waals surface area contributed by atoms with Gasteiger partial charge in [-0.1, -0.05) is 18.2 Å². The van der Waals surface area contributed by atoms with Gasteiger partial charge in [0.15, 0.2) is 0 Å². The fraction of sp³-hybridized carbons (Fsp3) is 0.438. The number of ether oxygens (including phenoxy) is 2. The number of hydrogen-bond acceptors (Lipinski definition) is 4. The molecule has 1 heterocycles. The Morgan fingerprint density at radius 2 is 1.95 bits per heavy atom. The number of hydrogen-bond donors (Lipinski definition) is 1. The Labute approximate surface area is 125 Å². The summed E-state index contributed by atoms with van der Waals surface area (Å²) >= 11 is 0. The van der Waals surface area contributed by atoms with Gasteiger partial charge in [0.1, 0.15) is 18.5 Å². The van der Waals surface area contributed by atoms with Gasteiger partial charge in [-0.3, -0.25) is 4.68 Å². The molecule has 114 valence electrons. The van der Waals surface area contributed by atoms with Gasteiger partial charge in [-0.2, -0.15) is 5.10 Å². The third-order valence-corrected chi connectivity index (χ3v) is 3.60. The normalized spacial score (nSPS) is 12.4. The number of aryl methyl sites for hydroxylation is 2. The molecule has 0 spiro atoms. The van der Waals surface area contributed by atoms with Crippen LogP contribution in [0.5, 0.6) is 5.75 Å². The summed E-state index contributed by atoms with van der Waals surface area (Å²) in [7, 11) is 3.51. The van der Waals surface area contributed by atoms with Crippen LogP contribution in [0, 0.1) is 13.8 Å². The summed E-state index contributed by atoms with van der Waals surface area (Å²) in [5, 5.41) is 15.1. The first-order valence-electron chi connectivity index (χ1n) is 6.95. The summed E-state index contributed by atoms with van der Waals surface area (Å²) < 4.78 is 12.5. The van der Waals surface area contributed by atoms with Crippen molar-refractivity contribution in [1.82, 2.24) is 9.78 Å². The Hall–Kier alpha value is -1.85. The van der Waals surface area contributed by atoms with E-state index in [2.05, 4.69) is 5.10 Å². The first kappa shape index (κ1) is 15.5. The van der Waals surface area contributed by atoms with Crippen LogP contribution in [-0.2, 0) is 11.8 Å². The lowest BCUT2D eigenvalue weighted by Gasteiger charge is -2.16. The summed E-state index contributed by atoms with van der Waals surface area (Å²) in [6.45, 7) is 4.81. The molecule has 1 N–H and O–H groups in total. The van der Waals surface area contributed by atoms with Gasteiger partial charge < -0.3 is 14.6 Å². The van der Waals surface area contributed by atoms with Gasteiger partial charge in [-0.05, 0) is 19.9 Å². The number of rotatable bonds is 6. The molecule has 0 aliphatic rings. The maximum atomic E-state index is 10.7. The van der Waals surface area contributed by atoms with Crippen molar-refractivity contribution in [2.45, 2.75) is 20.0 Å². The zero-order chi connectivity index (χ0) is 15.4. The van der Waals surface area contributed by atoms with Crippen molar-refractivity contribution in [3.63, 3.8) is 0 Å². The van der Waals surface area contributed by atoms with Crippen LogP contribution >= 0.6 is 0 Å². The van der Waals surface area contributed by atoms with Gasteiger partial charge in [-0.25, -0.2) is 0 Å². The topological polar surface area (TPSA) is 56.5 Å². The van der Waals surface area contributed by atoms with E-state index in [1.807, 2.05) is 45.2 Å². The van der Waals surface area contributed by atoms with Gasteiger partial charge in [0, 0.05) is 31.0 Å². The minimum absolute atomic E-state index is 0.450. The maximum absolute atomic E-state index is 10.7. The zero-order valence-corrected chi connectivity index (χ0v) is 13.0. The van der Waals surface area contributed by atoms with E-state index < -0.39 is 6.10 Å². The predicted molar refractivity (Wildman–Crippen MR) is 80.6 cm³/mol. The number of nitrogens with zero attached hydrogens (tertiary/aromatic N) is 2. The van der Waals surface area contributed by atoms with E-state index in [9.17, 15) is 5.11 Å². The molecule has 0 saturated carbocycles. The SMILES string of the molecule is COCCOc1ccccc1C(O)c1c(C)nn(C)c1C. The Morgan fingerprint density at radius 1 is 1.24 bits per heavy atom. The molecule has 0 amide bonds. The van der Waals surface area contributed by atoms with E-state index in [1.165, 1.54) is 0 Å². The highest BCUT2D eigenvalue weighted by Crippen LogP contribution is 2.32. The molecule has 2 rings (SSSR count). The van der Waals surface area contributed by atoms with Crippen molar-refractivity contribution in [1.29, 1.82) is 0 Å². The summed E-state index contributed by atoms with van der Waals surface area (Å²) in [5.74, 6) is 0.671. The van der Waals surface area contributed by atoms with Crippen molar-refractivity contribution in [2.75, 3.05) is 20.3 Å². The van der Waals surface area contributed by atoms with E-state index in [-0.39, 0.29) is 0 Å². The summed E-state index contributed by atoms with van der Waals surface area (Å²) in [5.41, 5.74) is 3.36. The van der Waals surface area contributed by atoms with Crippen LogP contribution in [0.15, 0.2) is 24.3 Å². The first-order chi connectivity index (χ1) is 10.1. The van der Waals surface area contributed by atoms with E-state index in [1.54, 1.807) is 11.8 Å². The molecule has 0 fully saturated rings. The third kappa shape index (κ3) is 3.25. The molecule has 0 bridgehead atoms. The highest BCUT2D eigenvalue weighted by molar-refractivity contribution is 5.42. The second-order valence-corrected chi connectivity index (χ2v) is 4.99. The lowest BCUT2D eigenvalue weighted by Crippen LogP contribution is -2.09. The van der Waals surface area contributed by atoms with Crippen molar-refractivity contribution >= 4 is 0 Å². The number of aliphatic hydroxyl groups is 1. The Balaban J connectivity index is 2.32. The molecule has 1 aromatic carbocycles. The monoisotopic (exact) mass is 290 g/mol. The van der Waals surface area contributed by atoms with Crippen LogP contribution in [0.3, 0.4) is 0 Å². The van der Waals surface area contributed by atoms with Crippen LogP contribution < -0.4 is 4.74 Å². The average molecular weight is 290 g/mol. The van der Waals surface area contributed by atoms with Crippen LogP contribution in [0.1, 0.15) is 28.6 Å². The average Bonchev–Trinajstić information content (AvgIpc) is 2.72. The highest BCUT2D eigenvalue weighted by Gasteiger charge is 2.22. The molecule has 5 nitrogen and oxygen atoms in total. The van der Waals surface area contributed by atoms with E-state index in [0.29, 0.717) is 19.0 Å². The second kappa shape index (κ2) is 6.74. The van der Waals surface area contributed by atoms with E-state index >= 15 is 0 Å². The quantitative estimate of drug-likeness (QED) is 0.828. The minimum atomic E-state index is -0.752. The number of para-hydroxylation sites is 1. The first-order valence-corrected chi connectivity index (χ1v) is 6.95. The fourth-order valence-electron chi connectivity index (χ4n) is 2.41. The van der Waals surface area contributed by atoms with Crippen molar-refractivity contribution in [3.05, 3.63) is 46.8 Å². The Morgan fingerprint density at radius 3 is 2.57 bits per heavy atom. The number of benzene rings is 1. The third-order valence-electron chi connectivity index (χ3n) is 3.60. The summed E-state index contributed by atoms with van der Waals surface area (Å²) in [6.07, 6.45) is -0.752. The highest BCUT2D eigenvalue weighted by atomic mass is 16.5. The van der Waals surface area contributed by atoms with Gasteiger partial charge in [0.2, 0.25) is 0 Å². The number of aliphatic hydroxyl groups excluding tert-OH is 1. The van der Waals surface area contributed by atoms with E-state index in [0.717, 1.165) is 22.5 Å². The minimum Gasteiger partial charge on any atom is -0.491 e. The summed E-state index contributed by atoms with van der Waals surface area (Å²) in [4.78, 5) is 0.